The molecule has 27 heavy (non-hydrogen) atoms. The molecule has 0 saturated heterocycles. The molecular weight excluding hydrogens is 367 g/mol. The topological polar surface area (TPSA) is 73.7 Å². The van der Waals surface area contributed by atoms with Crippen molar-refractivity contribution in [2.45, 2.75) is 32.8 Å². The minimum absolute atomic E-state index is 0.0516. The lowest BCUT2D eigenvalue weighted by molar-refractivity contribution is -0.274. The zero-order valence-electron chi connectivity index (χ0n) is 14.5. The first-order chi connectivity index (χ1) is 12.7. The SMILES string of the molecule is CCOC(=O)c1cnn2c1C(=O)N(c1ccc(OC(F)(F)F)cc1)C(C)C2. The van der Waals surface area contributed by atoms with E-state index in [9.17, 15) is 22.8 Å². The van der Waals surface area contributed by atoms with Crippen molar-refractivity contribution in [1.82, 2.24) is 9.78 Å². The Morgan fingerprint density at radius 1 is 1.30 bits per heavy atom. The van der Waals surface area contributed by atoms with Crippen LogP contribution in [0.5, 0.6) is 5.75 Å². The van der Waals surface area contributed by atoms with Crippen molar-refractivity contribution >= 4 is 17.6 Å². The van der Waals surface area contributed by atoms with Crippen LogP contribution in [0.3, 0.4) is 0 Å². The number of rotatable bonds is 4. The normalized spacial score (nSPS) is 16.9. The number of fused-ring (bicyclic) bond motifs is 1. The summed E-state index contributed by atoms with van der Waals surface area (Å²) in [5.41, 5.74) is 0.516. The third kappa shape index (κ3) is 3.74. The Balaban J connectivity index is 1.91. The summed E-state index contributed by atoms with van der Waals surface area (Å²) in [7, 11) is 0. The Kier molecular flexibility index (Phi) is 4.81. The molecule has 2 aromatic rings. The molecule has 0 fully saturated rings. The van der Waals surface area contributed by atoms with Gasteiger partial charge in [0.2, 0.25) is 0 Å². The van der Waals surface area contributed by atoms with Crippen LogP contribution in [-0.4, -0.2) is 40.7 Å². The molecule has 0 saturated carbocycles. The number of carbonyl (C=O) groups excluding carboxylic acids is 2. The number of ether oxygens (including phenoxy) is 2. The van der Waals surface area contributed by atoms with E-state index in [1.54, 1.807) is 13.8 Å². The average molecular weight is 383 g/mol. The second kappa shape index (κ2) is 6.93. The number of hydrogen-bond acceptors (Lipinski definition) is 5. The summed E-state index contributed by atoms with van der Waals surface area (Å²) < 4.78 is 47.1. The molecule has 0 bridgehead atoms. The highest BCUT2D eigenvalue weighted by Gasteiger charge is 2.36. The molecular formula is C17H16F3N3O4. The fourth-order valence-corrected chi connectivity index (χ4v) is 2.93. The molecule has 1 amide bonds. The van der Waals surface area contributed by atoms with Crippen molar-refractivity contribution in [3.63, 3.8) is 0 Å². The van der Waals surface area contributed by atoms with E-state index in [1.807, 2.05) is 0 Å². The minimum atomic E-state index is -4.79. The van der Waals surface area contributed by atoms with Gasteiger partial charge in [-0.2, -0.15) is 5.10 Å². The van der Waals surface area contributed by atoms with Gasteiger partial charge in [-0.25, -0.2) is 4.79 Å². The fourth-order valence-electron chi connectivity index (χ4n) is 2.93. The lowest BCUT2D eigenvalue weighted by atomic mass is 10.1. The summed E-state index contributed by atoms with van der Waals surface area (Å²) in [5, 5.41) is 4.07. The number of carbonyl (C=O) groups is 2. The van der Waals surface area contributed by atoms with E-state index < -0.39 is 18.2 Å². The van der Waals surface area contributed by atoms with Crippen LogP contribution in [0.25, 0.3) is 0 Å². The van der Waals surface area contributed by atoms with Crippen LogP contribution in [0.15, 0.2) is 30.5 Å². The van der Waals surface area contributed by atoms with Gasteiger partial charge in [-0.05, 0) is 38.1 Å². The summed E-state index contributed by atoms with van der Waals surface area (Å²) in [5.74, 6) is -1.53. The molecule has 0 aliphatic carbocycles. The zero-order valence-corrected chi connectivity index (χ0v) is 14.5. The monoisotopic (exact) mass is 383 g/mol. The van der Waals surface area contributed by atoms with Gasteiger partial charge in [0.1, 0.15) is 17.0 Å². The van der Waals surface area contributed by atoms with E-state index in [2.05, 4.69) is 9.84 Å². The largest absolute Gasteiger partial charge is 0.573 e. The first-order valence-electron chi connectivity index (χ1n) is 8.13. The van der Waals surface area contributed by atoms with Crippen LogP contribution in [0.2, 0.25) is 0 Å². The van der Waals surface area contributed by atoms with Gasteiger partial charge in [-0.15, -0.1) is 13.2 Å². The first-order valence-corrected chi connectivity index (χ1v) is 8.13. The smallest absolute Gasteiger partial charge is 0.462 e. The molecule has 1 aromatic heterocycles. The van der Waals surface area contributed by atoms with Crippen LogP contribution in [0.1, 0.15) is 34.7 Å². The number of halogens is 3. The first kappa shape index (κ1) is 18.7. The zero-order chi connectivity index (χ0) is 19.8. The van der Waals surface area contributed by atoms with Crippen LogP contribution in [0, 0.1) is 0 Å². The van der Waals surface area contributed by atoms with Gasteiger partial charge < -0.3 is 14.4 Å². The Hall–Kier alpha value is -3.04. The number of amides is 1. The van der Waals surface area contributed by atoms with Crippen molar-refractivity contribution in [1.29, 1.82) is 0 Å². The van der Waals surface area contributed by atoms with Crippen LogP contribution in [0.4, 0.5) is 18.9 Å². The van der Waals surface area contributed by atoms with Gasteiger partial charge in [-0.3, -0.25) is 9.48 Å². The van der Waals surface area contributed by atoms with Gasteiger partial charge in [0.05, 0.1) is 25.4 Å². The fraction of sp³-hybridized carbons (Fsp3) is 0.353. The third-order valence-electron chi connectivity index (χ3n) is 3.98. The molecule has 1 unspecified atom stereocenters. The maximum atomic E-state index is 13.0. The molecule has 1 aromatic carbocycles. The molecule has 0 spiro atoms. The molecule has 1 aliphatic heterocycles. The van der Waals surface area contributed by atoms with Gasteiger partial charge in [-0.1, -0.05) is 0 Å². The number of anilines is 1. The quantitative estimate of drug-likeness (QED) is 0.759. The highest BCUT2D eigenvalue weighted by atomic mass is 19.4. The summed E-state index contributed by atoms with van der Waals surface area (Å²) in [6.07, 6.45) is -3.52. The van der Waals surface area contributed by atoms with Crippen molar-refractivity contribution < 1.29 is 32.2 Å². The predicted molar refractivity (Wildman–Crippen MR) is 87.6 cm³/mol. The number of hydrogen-bond donors (Lipinski definition) is 0. The van der Waals surface area contributed by atoms with Crippen LogP contribution in [-0.2, 0) is 11.3 Å². The molecule has 7 nitrogen and oxygen atoms in total. The highest BCUT2D eigenvalue weighted by Crippen LogP contribution is 2.30. The van der Waals surface area contributed by atoms with Crippen molar-refractivity contribution in [3.8, 4) is 5.75 Å². The van der Waals surface area contributed by atoms with Gasteiger partial charge in [0.25, 0.3) is 5.91 Å². The summed E-state index contributed by atoms with van der Waals surface area (Å²) in [6, 6.07) is 4.63. The predicted octanol–water partition coefficient (Wildman–Crippen LogP) is 3.01. The van der Waals surface area contributed by atoms with Crippen LogP contribution < -0.4 is 9.64 Å². The van der Waals surface area contributed by atoms with E-state index in [0.29, 0.717) is 12.2 Å². The molecule has 1 aliphatic rings. The molecule has 0 N–H and O–H groups in total. The van der Waals surface area contributed by atoms with Gasteiger partial charge >= 0.3 is 12.3 Å². The number of alkyl halides is 3. The molecule has 0 radical (unpaired) electrons. The van der Waals surface area contributed by atoms with Crippen molar-refractivity contribution in [2.75, 3.05) is 11.5 Å². The van der Waals surface area contributed by atoms with Gasteiger partial charge in [0, 0.05) is 5.69 Å². The molecule has 10 heteroatoms. The standard InChI is InChI=1S/C17H16F3N3O4/c1-3-26-16(25)13-8-21-22-9-10(2)23(15(24)14(13)22)11-4-6-12(7-5-11)27-17(18,19)20/h4-8,10H,3,9H2,1-2H3. The molecule has 2 heterocycles. The maximum Gasteiger partial charge on any atom is 0.573 e. The Morgan fingerprint density at radius 3 is 2.56 bits per heavy atom. The number of aromatic nitrogens is 2. The lowest BCUT2D eigenvalue weighted by Crippen LogP contribution is -2.47. The van der Waals surface area contributed by atoms with Crippen molar-refractivity contribution in [3.05, 3.63) is 41.7 Å². The second-order valence-corrected chi connectivity index (χ2v) is 5.88. The maximum absolute atomic E-state index is 13.0. The lowest BCUT2D eigenvalue weighted by Gasteiger charge is -2.34. The minimum Gasteiger partial charge on any atom is -0.462 e. The Morgan fingerprint density at radius 2 is 1.96 bits per heavy atom. The summed E-state index contributed by atoms with van der Waals surface area (Å²) >= 11 is 0. The molecule has 1 atom stereocenters. The van der Waals surface area contributed by atoms with Crippen LogP contribution >= 0.6 is 0 Å². The summed E-state index contributed by atoms with van der Waals surface area (Å²) in [6.45, 7) is 3.89. The number of esters is 1. The van der Waals surface area contributed by atoms with E-state index in [4.69, 9.17) is 4.74 Å². The van der Waals surface area contributed by atoms with E-state index in [0.717, 1.165) is 12.1 Å². The Labute approximate surface area is 152 Å². The number of benzene rings is 1. The molecule has 144 valence electrons. The number of nitrogens with zero attached hydrogens (tertiary/aromatic N) is 3. The van der Waals surface area contributed by atoms with Crippen molar-refractivity contribution in [2.24, 2.45) is 0 Å². The second-order valence-electron chi connectivity index (χ2n) is 5.88. The highest BCUT2D eigenvalue weighted by molar-refractivity contribution is 6.12. The average Bonchev–Trinajstić information content (AvgIpc) is 2.99. The van der Waals surface area contributed by atoms with E-state index in [-0.39, 0.29) is 29.7 Å². The third-order valence-corrected chi connectivity index (χ3v) is 3.98. The Bertz CT molecular complexity index is 861. The molecule has 3 rings (SSSR count). The van der Waals surface area contributed by atoms with E-state index in [1.165, 1.54) is 27.9 Å². The van der Waals surface area contributed by atoms with E-state index >= 15 is 0 Å². The van der Waals surface area contributed by atoms with Gasteiger partial charge in [0.15, 0.2) is 0 Å². The summed E-state index contributed by atoms with van der Waals surface area (Å²) in [4.78, 5) is 26.4.